The number of aromatic nitrogens is 2. The number of aryl methyl sites for hydroxylation is 2. The van der Waals surface area contributed by atoms with Crippen molar-refractivity contribution in [1.29, 1.82) is 0 Å². The van der Waals surface area contributed by atoms with E-state index in [1.165, 1.54) is 12.3 Å². The van der Waals surface area contributed by atoms with E-state index in [1.54, 1.807) is 49.4 Å². The van der Waals surface area contributed by atoms with Gasteiger partial charge in [-0.2, -0.15) is 5.10 Å². The lowest BCUT2D eigenvalue weighted by Crippen LogP contribution is -2.14. The number of benzene rings is 1. The second kappa shape index (κ2) is 7.52. The van der Waals surface area contributed by atoms with E-state index in [4.69, 9.17) is 4.42 Å². The number of furan rings is 1. The number of hydrogen-bond donors (Lipinski definition) is 3. The van der Waals surface area contributed by atoms with Crippen molar-refractivity contribution in [1.82, 2.24) is 10.2 Å². The minimum absolute atomic E-state index is 0.278. The first-order valence-corrected chi connectivity index (χ1v) is 7.98. The quantitative estimate of drug-likeness (QED) is 0.613. The molecule has 3 N–H and O–H groups in total. The fourth-order valence-electron chi connectivity index (χ4n) is 2.39. The van der Waals surface area contributed by atoms with Crippen LogP contribution < -0.4 is 10.6 Å². The minimum atomic E-state index is -0.319. The molecule has 2 aromatic heterocycles. The molecule has 0 aliphatic carbocycles. The van der Waals surface area contributed by atoms with Crippen LogP contribution in [0.1, 0.15) is 27.5 Å². The highest BCUT2D eigenvalue weighted by Gasteiger charge is 2.12. The number of anilines is 2. The van der Waals surface area contributed by atoms with Gasteiger partial charge in [0.15, 0.2) is 0 Å². The summed E-state index contributed by atoms with van der Waals surface area (Å²) in [5.41, 5.74) is 3.10. The molecular formula is C19H18N4O3. The average molecular weight is 350 g/mol. The number of H-pyrrole nitrogens is 1. The van der Waals surface area contributed by atoms with Crippen molar-refractivity contribution in [3.8, 4) is 0 Å². The van der Waals surface area contributed by atoms with E-state index in [9.17, 15) is 9.59 Å². The summed E-state index contributed by atoms with van der Waals surface area (Å²) in [5.74, 6) is -0.0144. The number of hydrogen-bond acceptors (Lipinski definition) is 4. The molecule has 0 saturated heterocycles. The number of rotatable bonds is 5. The maximum Gasteiger partial charge on any atom is 0.255 e. The van der Waals surface area contributed by atoms with Crippen LogP contribution in [0, 0.1) is 13.8 Å². The number of nitrogens with zero attached hydrogens (tertiary/aromatic N) is 1. The molecule has 3 aromatic rings. The Morgan fingerprint density at radius 2 is 2.00 bits per heavy atom. The summed E-state index contributed by atoms with van der Waals surface area (Å²) in [4.78, 5) is 24.4. The van der Waals surface area contributed by atoms with Gasteiger partial charge in [-0.3, -0.25) is 14.7 Å². The molecule has 0 unspecified atom stereocenters. The summed E-state index contributed by atoms with van der Waals surface area (Å²) in [6.45, 7) is 3.64. The van der Waals surface area contributed by atoms with E-state index >= 15 is 0 Å². The second-order valence-electron chi connectivity index (χ2n) is 5.68. The van der Waals surface area contributed by atoms with Crippen LogP contribution in [0.5, 0.6) is 0 Å². The molecule has 132 valence electrons. The third-order valence-electron chi connectivity index (χ3n) is 3.70. The average Bonchev–Trinajstić information content (AvgIpc) is 3.25. The van der Waals surface area contributed by atoms with Crippen molar-refractivity contribution < 1.29 is 14.0 Å². The predicted molar refractivity (Wildman–Crippen MR) is 98.8 cm³/mol. The fourth-order valence-corrected chi connectivity index (χ4v) is 2.39. The summed E-state index contributed by atoms with van der Waals surface area (Å²) in [6.07, 6.45) is 4.46. The number of carbonyl (C=O) groups is 2. The van der Waals surface area contributed by atoms with Crippen LogP contribution in [-0.2, 0) is 4.79 Å². The Labute approximate surface area is 150 Å². The van der Waals surface area contributed by atoms with Crippen molar-refractivity contribution in [2.45, 2.75) is 13.8 Å². The largest absolute Gasteiger partial charge is 0.465 e. The van der Waals surface area contributed by atoms with Crippen LogP contribution in [0.15, 0.2) is 53.2 Å². The molecule has 0 radical (unpaired) electrons. The Morgan fingerprint density at radius 3 is 2.69 bits per heavy atom. The van der Waals surface area contributed by atoms with Crippen LogP contribution >= 0.6 is 0 Å². The van der Waals surface area contributed by atoms with Gasteiger partial charge in [0.25, 0.3) is 5.91 Å². The van der Waals surface area contributed by atoms with E-state index in [-0.39, 0.29) is 11.8 Å². The molecule has 0 bridgehead atoms. The third kappa shape index (κ3) is 4.07. The fraction of sp³-hybridized carbons (Fsp3) is 0.105. The molecule has 7 heteroatoms. The lowest BCUT2D eigenvalue weighted by Gasteiger charge is -2.07. The highest BCUT2D eigenvalue weighted by atomic mass is 16.3. The van der Waals surface area contributed by atoms with Gasteiger partial charge in [0.1, 0.15) is 5.76 Å². The van der Waals surface area contributed by atoms with E-state index < -0.39 is 0 Å². The molecule has 0 aliphatic rings. The third-order valence-corrected chi connectivity index (χ3v) is 3.70. The molecule has 7 nitrogen and oxygen atoms in total. The van der Waals surface area contributed by atoms with Crippen molar-refractivity contribution in [2.75, 3.05) is 10.6 Å². The standard InChI is InChI=1S/C19H18N4O3/c1-12-18(13(2)23-22-12)21-19(25)14-5-3-6-15(11-14)20-17(24)9-8-16-7-4-10-26-16/h3-11H,1-2H3,(H,20,24)(H,21,25)(H,22,23)/b9-8+. The molecule has 1 aromatic carbocycles. The van der Waals surface area contributed by atoms with E-state index in [0.29, 0.717) is 28.4 Å². The van der Waals surface area contributed by atoms with Gasteiger partial charge in [-0.1, -0.05) is 6.07 Å². The number of carbonyl (C=O) groups excluding carboxylic acids is 2. The zero-order valence-corrected chi connectivity index (χ0v) is 14.4. The maximum atomic E-state index is 12.4. The Kier molecular flexibility index (Phi) is 4.98. The normalized spacial score (nSPS) is 10.8. The van der Waals surface area contributed by atoms with E-state index in [2.05, 4.69) is 20.8 Å². The van der Waals surface area contributed by atoms with Gasteiger partial charge in [-0.25, -0.2) is 0 Å². The first-order valence-electron chi connectivity index (χ1n) is 7.98. The summed E-state index contributed by atoms with van der Waals surface area (Å²) in [5, 5.41) is 12.4. The topological polar surface area (TPSA) is 100 Å². The van der Waals surface area contributed by atoms with Gasteiger partial charge in [-0.05, 0) is 50.3 Å². The lowest BCUT2D eigenvalue weighted by molar-refractivity contribution is -0.111. The Hall–Kier alpha value is -3.61. The van der Waals surface area contributed by atoms with Gasteiger partial charge in [-0.15, -0.1) is 0 Å². The second-order valence-corrected chi connectivity index (χ2v) is 5.68. The lowest BCUT2D eigenvalue weighted by atomic mass is 10.1. The first-order chi connectivity index (χ1) is 12.5. The number of aromatic amines is 1. The highest BCUT2D eigenvalue weighted by molar-refractivity contribution is 6.06. The summed E-state index contributed by atoms with van der Waals surface area (Å²) < 4.78 is 5.13. The molecule has 26 heavy (non-hydrogen) atoms. The molecule has 0 spiro atoms. The number of amides is 2. The zero-order valence-electron chi connectivity index (χ0n) is 14.4. The molecule has 3 rings (SSSR count). The van der Waals surface area contributed by atoms with Gasteiger partial charge in [0.2, 0.25) is 5.91 Å². The molecule has 0 saturated carbocycles. The molecule has 2 amide bonds. The predicted octanol–water partition coefficient (Wildman–Crippen LogP) is 3.52. The number of nitrogens with one attached hydrogen (secondary N) is 3. The van der Waals surface area contributed by atoms with Crippen LogP contribution in [0.4, 0.5) is 11.4 Å². The Bertz CT molecular complexity index is 936. The van der Waals surface area contributed by atoms with Crippen LogP contribution in [0.3, 0.4) is 0 Å². The molecule has 0 fully saturated rings. The van der Waals surface area contributed by atoms with Crippen molar-refractivity contribution in [3.05, 3.63) is 71.4 Å². The highest BCUT2D eigenvalue weighted by Crippen LogP contribution is 2.18. The summed E-state index contributed by atoms with van der Waals surface area (Å²) in [6, 6.07) is 10.2. The van der Waals surface area contributed by atoms with Crippen molar-refractivity contribution in [2.24, 2.45) is 0 Å². The van der Waals surface area contributed by atoms with Crippen LogP contribution in [0.25, 0.3) is 6.08 Å². The van der Waals surface area contributed by atoms with Crippen LogP contribution in [0.2, 0.25) is 0 Å². The SMILES string of the molecule is Cc1n[nH]c(C)c1NC(=O)c1cccc(NC(=O)/C=C/c2ccco2)c1. The van der Waals surface area contributed by atoms with Gasteiger partial charge >= 0.3 is 0 Å². The summed E-state index contributed by atoms with van der Waals surface area (Å²) in [7, 11) is 0. The van der Waals surface area contributed by atoms with Crippen molar-refractivity contribution >= 4 is 29.3 Å². The van der Waals surface area contributed by atoms with Gasteiger partial charge in [0, 0.05) is 17.3 Å². The van der Waals surface area contributed by atoms with Gasteiger partial charge < -0.3 is 15.1 Å². The molecule has 2 heterocycles. The van der Waals surface area contributed by atoms with Crippen molar-refractivity contribution in [3.63, 3.8) is 0 Å². The van der Waals surface area contributed by atoms with Gasteiger partial charge in [0.05, 0.1) is 23.3 Å². The Morgan fingerprint density at radius 1 is 1.15 bits per heavy atom. The Balaban J connectivity index is 1.67. The molecule has 0 atom stereocenters. The summed E-state index contributed by atoms with van der Waals surface area (Å²) >= 11 is 0. The minimum Gasteiger partial charge on any atom is -0.465 e. The monoisotopic (exact) mass is 350 g/mol. The first kappa shape index (κ1) is 17.2. The molecule has 0 aliphatic heterocycles. The smallest absolute Gasteiger partial charge is 0.255 e. The van der Waals surface area contributed by atoms with E-state index in [0.717, 1.165) is 5.69 Å². The zero-order chi connectivity index (χ0) is 18.5. The maximum absolute atomic E-state index is 12.4. The molecular weight excluding hydrogens is 332 g/mol. The van der Waals surface area contributed by atoms with Crippen LogP contribution in [-0.4, -0.2) is 22.0 Å². The van der Waals surface area contributed by atoms with E-state index in [1.807, 2.05) is 6.92 Å².